The standard InChI is InChI=1S/C26H31S.C24H25S.2C20H19S/c1-25(2,3)20-12-16-23(17-13-20)27(22-10-8-7-9-11-22)24-18-14-21(15-19-24)26(4,5)6;1-4-10-20(11-5-1)21-16-18-24(19-17-21)25(22-12-6-2-7-13-22)23-14-8-3-9-15-23;1-16-13-17(2)15-20(14-16)21(18-9-5-3-6-10-18)19-11-7-4-8-12-19;1-16-13-14-20(17(2)15-16)21(18-9-5-3-6-10-18)19-11-7-4-8-12-19/h7-19H,1-6H3;2-3,6-9,12-20H,1,4-5,10-11H2;2*3-15H,1-2H3/q4*+1. The van der Waals surface area contributed by atoms with Gasteiger partial charge in [-0.1, -0.05) is 248 Å². The average Bonchev–Trinajstić information content (AvgIpc) is 0.893. The van der Waals surface area contributed by atoms with E-state index in [1.807, 2.05) is 0 Å². The first-order valence-electron chi connectivity index (χ1n) is 33.4. The summed E-state index contributed by atoms with van der Waals surface area (Å²) in [5.41, 5.74) is 10.00. The Kier molecular flexibility index (Phi) is 24.5. The van der Waals surface area contributed by atoms with Crippen LogP contribution >= 0.6 is 0 Å². The minimum Gasteiger partial charge on any atom is -0.0619 e. The lowest BCUT2D eigenvalue weighted by molar-refractivity contribution is 0.443. The zero-order valence-corrected chi connectivity index (χ0v) is 60.1. The Balaban J connectivity index is 0.000000138. The highest BCUT2D eigenvalue weighted by molar-refractivity contribution is 7.98. The minimum absolute atomic E-state index is 0.0278. The highest BCUT2D eigenvalue weighted by atomic mass is 32.2. The molecule has 0 bridgehead atoms. The SMILES string of the molecule is CC(C)(C)c1ccc([S+](c2ccccc2)c2ccc(C(C)(C)C)cc2)cc1.Cc1cc(C)cc([S+](c2ccccc2)c2ccccc2)c1.Cc1ccc([S+](c2ccccc2)c2ccccc2)c(C)c1.c1ccc([S+](c2ccccc2)c2ccc(C3CCCCC3)cc2)cc1. The van der Waals surface area contributed by atoms with Crippen LogP contribution in [0.25, 0.3) is 0 Å². The maximum Gasteiger partial charge on any atom is 0.169 e. The summed E-state index contributed by atoms with van der Waals surface area (Å²) in [5.74, 6) is 0.776. The van der Waals surface area contributed by atoms with Gasteiger partial charge in [0.15, 0.2) is 58.7 Å². The smallest absolute Gasteiger partial charge is 0.0619 e. The summed E-state index contributed by atoms with van der Waals surface area (Å²) in [6.45, 7) is 22.3. The molecule has 1 aliphatic carbocycles. The number of hydrogen-bond donors (Lipinski definition) is 0. The van der Waals surface area contributed by atoms with Gasteiger partial charge in [-0.2, -0.15) is 0 Å². The van der Waals surface area contributed by atoms with Crippen LogP contribution in [0.15, 0.2) is 380 Å². The van der Waals surface area contributed by atoms with Crippen LogP contribution in [0.2, 0.25) is 0 Å². The predicted octanol–water partition coefficient (Wildman–Crippen LogP) is 25.0. The molecule has 1 aliphatic rings. The molecule has 13 rings (SSSR count). The molecule has 94 heavy (non-hydrogen) atoms. The Morgan fingerprint density at radius 2 is 0.521 bits per heavy atom. The summed E-state index contributed by atoms with van der Waals surface area (Å²) in [5, 5.41) is 0. The van der Waals surface area contributed by atoms with E-state index in [9.17, 15) is 0 Å². The molecule has 0 radical (unpaired) electrons. The van der Waals surface area contributed by atoms with Crippen molar-refractivity contribution >= 4 is 43.6 Å². The highest BCUT2D eigenvalue weighted by Gasteiger charge is 2.33. The zero-order chi connectivity index (χ0) is 65.9. The van der Waals surface area contributed by atoms with Gasteiger partial charge in [-0.25, -0.2) is 0 Å². The zero-order valence-electron chi connectivity index (χ0n) is 56.8. The van der Waals surface area contributed by atoms with Gasteiger partial charge in [0.2, 0.25) is 0 Å². The van der Waals surface area contributed by atoms with Crippen molar-refractivity contribution in [2.45, 2.75) is 177 Å². The number of aryl methyl sites for hydroxylation is 4. The van der Waals surface area contributed by atoms with Crippen molar-refractivity contribution in [3.8, 4) is 0 Å². The van der Waals surface area contributed by atoms with Crippen LogP contribution in [-0.4, -0.2) is 0 Å². The minimum atomic E-state index is -0.0847. The molecule has 4 heteroatoms. The Hall–Kier alpha value is -7.96. The van der Waals surface area contributed by atoms with Crippen LogP contribution in [0.4, 0.5) is 0 Å². The van der Waals surface area contributed by atoms with Crippen molar-refractivity contribution in [2.24, 2.45) is 0 Å². The first kappa shape index (κ1) is 68.9. The van der Waals surface area contributed by atoms with Crippen LogP contribution < -0.4 is 0 Å². The Bertz CT molecular complexity index is 3980. The fraction of sp³-hybridized carbons (Fsp3) is 0.200. The van der Waals surface area contributed by atoms with Crippen molar-refractivity contribution < 1.29 is 0 Å². The van der Waals surface area contributed by atoms with E-state index in [0.717, 1.165) is 5.92 Å². The van der Waals surface area contributed by atoms with Gasteiger partial charge in [0, 0.05) is 5.56 Å². The van der Waals surface area contributed by atoms with Crippen molar-refractivity contribution in [1.29, 1.82) is 0 Å². The molecule has 1 saturated carbocycles. The average molecular weight is 1300 g/mol. The Labute approximate surface area is 576 Å². The van der Waals surface area contributed by atoms with E-state index in [1.165, 1.54) is 130 Å². The van der Waals surface area contributed by atoms with Gasteiger partial charge in [0.1, 0.15) is 0 Å². The summed E-state index contributed by atoms with van der Waals surface area (Å²) < 4.78 is 0. The van der Waals surface area contributed by atoms with E-state index in [4.69, 9.17) is 0 Å². The molecule has 0 amide bonds. The van der Waals surface area contributed by atoms with Crippen LogP contribution in [0, 0.1) is 27.7 Å². The maximum atomic E-state index is 2.39. The molecule has 12 aromatic rings. The maximum absolute atomic E-state index is 2.39. The largest absolute Gasteiger partial charge is 0.169 e. The van der Waals surface area contributed by atoms with Crippen LogP contribution in [0.1, 0.15) is 119 Å². The molecule has 0 aromatic heterocycles. The predicted molar refractivity (Wildman–Crippen MR) is 408 cm³/mol. The molecule has 0 atom stereocenters. The Morgan fingerprint density at radius 1 is 0.245 bits per heavy atom. The van der Waals surface area contributed by atoms with Gasteiger partial charge >= 0.3 is 0 Å². The van der Waals surface area contributed by atoms with E-state index in [0.29, 0.717) is 0 Å². The van der Waals surface area contributed by atoms with Gasteiger partial charge in [0.05, 0.1) is 43.6 Å². The molecule has 0 unspecified atom stereocenters. The molecule has 0 saturated heterocycles. The van der Waals surface area contributed by atoms with E-state index in [-0.39, 0.29) is 54.4 Å². The fourth-order valence-electron chi connectivity index (χ4n) is 12.1. The molecular weight excluding hydrogens is 1210 g/mol. The molecule has 474 valence electrons. The second kappa shape index (κ2) is 33.4. The third-order valence-corrected chi connectivity index (χ3v) is 26.0. The molecular formula is C90H94S4+4. The molecule has 0 nitrogen and oxygen atoms in total. The molecule has 0 spiro atoms. The third kappa shape index (κ3) is 18.9. The lowest BCUT2D eigenvalue weighted by Crippen LogP contribution is -2.12. The van der Waals surface area contributed by atoms with Gasteiger partial charge in [0.25, 0.3) is 0 Å². The lowest BCUT2D eigenvalue weighted by Gasteiger charge is -2.22. The Morgan fingerprint density at radius 3 is 0.819 bits per heavy atom. The lowest BCUT2D eigenvalue weighted by atomic mass is 9.84. The summed E-state index contributed by atoms with van der Waals surface area (Å²) >= 11 is 0. The molecule has 12 aromatic carbocycles. The molecule has 0 heterocycles. The van der Waals surface area contributed by atoms with E-state index >= 15 is 0 Å². The van der Waals surface area contributed by atoms with Crippen LogP contribution in [-0.2, 0) is 54.4 Å². The normalized spacial score (nSPS) is 12.5. The van der Waals surface area contributed by atoms with Gasteiger partial charge < -0.3 is 0 Å². The van der Waals surface area contributed by atoms with Crippen LogP contribution in [0.5, 0.6) is 0 Å². The van der Waals surface area contributed by atoms with Crippen molar-refractivity contribution in [3.05, 3.63) is 360 Å². The van der Waals surface area contributed by atoms with E-state index < -0.39 is 0 Å². The summed E-state index contributed by atoms with van der Waals surface area (Å²) in [7, 11) is -0.182. The highest BCUT2D eigenvalue weighted by Crippen LogP contribution is 2.39. The summed E-state index contributed by atoms with van der Waals surface area (Å²) in [6.07, 6.45) is 6.93. The number of rotatable bonds is 13. The first-order chi connectivity index (χ1) is 45.6. The summed E-state index contributed by atoms with van der Waals surface area (Å²) in [6, 6.07) is 117. The van der Waals surface area contributed by atoms with E-state index in [1.54, 1.807) is 0 Å². The topological polar surface area (TPSA) is 0 Å². The molecule has 1 fully saturated rings. The monoisotopic (exact) mass is 1300 g/mol. The second-order valence-electron chi connectivity index (χ2n) is 26.5. The van der Waals surface area contributed by atoms with E-state index in [2.05, 4.69) is 391 Å². The number of benzene rings is 12. The summed E-state index contributed by atoms with van der Waals surface area (Å²) in [4.78, 5) is 16.6. The fourth-order valence-corrected chi connectivity index (χ4v) is 20.7. The van der Waals surface area contributed by atoms with Gasteiger partial charge in [-0.15, -0.1) is 0 Å². The van der Waals surface area contributed by atoms with Crippen molar-refractivity contribution in [3.63, 3.8) is 0 Å². The number of hydrogen-bond acceptors (Lipinski definition) is 0. The second-order valence-corrected chi connectivity index (χ2v) is 34.5. The third-order valence-electron chi connectivity index (χ3n) is 16.9. The quantitative estimate of drug-likeness (QED) is 0.101. The van der Waals surface area contributed by atoms with Gasteiger partial charge in [-0.3, -0.25) is 0 Å². The van der Waals surface area contributed by atoms with Crippen molar-refractivity contribution in [1.82, 2.24) is 0 Å². The molecule has 0 aliphatic heterocycles. The van der Waals surface area contributed by atoms with Crippen LogP contribution in [0.3, 0.4) is 0 Å². The van der Waals surface area contributed by atoms with Gasteiger partial charge in [-0.05, 0) is 225 Å². The molecule has 0 N–H and O–H groups in total. The first-order valence-corrected chi connectivity index (χ1v) is 38.3. The van der Waals surface area contributed by atoms with Crippen molar-refractivity contribution in [2.75, 3.05) is 0 Å².